The summed E-state index contributed by atoms with van der Waals surface area (Å²) >= 11 is 5.31. The van der Waals surface area contributed by atoms with Crippen molar-refractivity contribution in [3.8, 4) is 0 Å². The minimum atomic E-state index is -0.277. The van der Waals surface area contributed by atoms with E-state index >= 15 is 0 Å². The maximum atomic E-state index is 12.9. The van der Waals surface area contributed by atoms with Gasteiger partial charge in [0.15, 0.2) is 5.11 Å². The molecule has 1 heterocycles. The smallest absolute Gasteiger partial charge is 0.175 e. The third kappa shape index (κ3) is 4.64. The first kappa shape index (κ1) is 17.1. The van der Waals surface area contributed by atoms with E-state index in [-0.39, 0.29) is 5.82 Å². The lowest BCUT2D eigenvalue weighted by atomic mass is 10.2. The van der Waals surface area contributed by atoms with Crippen LogP contribution in [0.15, 0.2) is 54.6 Å². The molecule has 2 aromatic carbocycles. The van der Waals surface area contributed by atoms with Gasteiger partial charge < -0.3 is 10.6 Å². The van der Waals surface area contributed by atoms with Gasteiger partial charge in [0, 0.05) is 17.1 Å². The molecule has 0 aliphatic carbocycles. The highest BCUT2D eigenvalue weighted by atomic mass is 32.1. The highest BCUT2D eigenvalue weighted by Crippen LogP contribution is 2.14. The summed E-state index contributed by atoms with van der Waals surface area (Å²) in [5.74, 6) is -0.277. The Bertz CT molecular complexity index is 887. The molecule has 0 saturated heterocycles. The fourth-order valence-electron chi connectivity index (χ4n) is 2.58. The number of halogens is 1. The number of benzene rings is 2. The molecule has 0 unspecified atom stereocenters. The summed E-state index contributed by atoms with van der Waals surface area (Å²) in [7, 11) is 0. The molecule has 4 nitrogen and oxygen atoms in total. The van der Waals surface area contributed by atoms with Crippen molar-refractivity contribution in [2.75, 3.05) is 10.6 Å². The summed E-state index contributed by atoms with van der Waals surface area (Å²) in [6.45, 7) is 4.73. The molecule has 1 aromatic heterocycles. The molecule has 0 atom stereocenters. The van der Waals surface area contributed by atoms with E-state index in [1.807, 2.05) is 36.7 Å². The van der Waals surface area contributed by atoms with Gasteiger partial charge in [-0.2, -0.15) is 5.10 Å². The molecule has 0 spiro atoms. The van der Waals surface area contributed by atoms with Crippen LogP contribution >= 0.6 is 12.2 Å². The number of anilines is 2. The molecule has 0 fully saturated rings. The second kappa shape index (κ2) is 7.44. The Morgan fingerprint density at radius 1 is 1.04 bits per heavy atom. The van der Waals surface area contributed by atoms with E-state index in [1.54, 1.807) is 12.1 Å². The van der Waals surface area contributed by atoms with Gasteiger partial charge in [0.05, 0.1) is 12.2 Å². The van der Waals surface area contributed by atoms with Crippen molar-refractivity contribution < 1.29 is 4.39 Å². The molecule has 128 valence electrons. The van der Waals surface area contributed by atoms with Crippen LogP contribution in [0.4, 0.5) is 15.8 Å². The lowest BCUT2D eigenvalue weighted by Crippen LogP contribution is -2.19. The van der Waals surface area contributed by atoms with Crippen molar-refractivity contribution in [1.82, 2.24) is 9.78 Å². The Morgan fingerprint density at radius 2 is 1.76 bits per heavy atom. The van der Waals surface area contributed by atoms with Crippen molar-refractivity contribution in [3.05, 3.63) is 77.4 Å². The molecule has 3 rings (SSSR count). The number of aromatic nitrogens is 2. The first-order chi connectivity index (χ1) is 12.0. The van der Waals surface area contributed by atoms with Crippen molar-refractivity contribution in [2.45, 2.75) is 20.4 Å². The summed E-state index contributed by atoms with van der Waals surface area (Å²) in [5.41, 5.74) is 4.89. The second-order valence-electron chi connectivity index (χ2n) is 5.87. The second-order valence-corrected chi connectivity index (χ2v) is 6.28. The SMILES string of the molecule is Cc1cc(C)n(Cc2cccc(NC(=S)Nc3ccc(F)cc3)c2)n1. The maximum absolute atomic E-state index is 12.9. The molecular formula is C19H19FN4S. The molecule has 0 amide bonds. The van der Waals surface area contributed by atoms with Crippen molar-refractivity contribution in [2.24, 2.45) is 0 Å². The van der Waals surface area contributed by atoms with Gasteiger partial charge in [-0.3, -0.25) is 4.68 Å². The van der Waals surface area contributed by atoms with E-state index in [9.17, 15) is 4.39 Å². The lowest BCUT2D eigenvalue weighted by Gasteiger charge is -2.12. The fourth-order valence-corrected chi connectivity index (χ4v) is 2.82. The zero-order valence-corrected chi connectivity index (χ0v) is 14.9. The molecule has 2 N–H and O–H groups in total. The van der Waals surface area contributed by atoms with Crippen LogP contribution < -0.4 is 10.6 Å². The van der Waals surface area contributed by atoms with Crippen LogP contribution in [0.1, 0.15) is 17.0 Å². The molecule has 0 aliphatic rings. The first-order valence-electron chi connectivity index (χ1n) is 7.93. The van der Waals surface area contributed by atoms with E-state index in [0.29, 0.717) is 11.7 Å². The largest absolute Gasteiger partial charge is 0.332 e. The standard InChI is InChI=1S/C19H19FN4S/c1-13-10-14(2)24(23-13)12-15-4-3-5-18(11-15)22-19(25)21-17-8-6-16(20)7-9-17/h3-11H,12H2,1-2H3,(H2,21,22,25). The number of hydrogen-bond acceptors (Lipinski definition) is 2. The predicted octanol–water partition coefficient (Wildman–Crippen LogP) is 4.50. The molecule has 6 heteroatoms. The average molecular weight is 354 g/mol. The number of thiocarbonyl (C=S) groups is 1. The Morgan fingerprint density at radius 3 is 2.44 bits per heavy atom. The number of aryl methyl sites for hydroxylation is 2. The Balaban J connectivity index is 1.65. The zero-order valence-electron chi connectivity index (χ0n) is 14.1. The van der Waals surface area contributed by atoms with Gasteiger partial charge in [0.1, 0.15) is 5.82 Å². The minimum Gasteiger partial charge on any atom is -0.332 e. The molecule has 0 saturated carbocycles. The van der Waals surface area contributed by atoms with Crippen molar-refractivity contribution >= 4 is 28.7 Å². The number of nitrogens with zero attached hydrogens (tertiary/aromatic N) is 2. The predicted molar refractivity (Wildman–Crippen MR) is 103 cm³/mol. The van der Waals surface area contributed by atoms with Crippen LogP contribution in [0.3, 0.4) is 0 Å². The topological polar surface area (TPSA) is 41.9 Å². The van der Waals surface area contributed by atoms with E-state index in [1.165, 1.54) is 12.1 Å². The summed E-state index contributed by atoms with van der Waals surface area (Å²) in [6, 6.07) is 16.1. The summed E-state index contributed by atoms with van der Waals surface area (Å²) < 4.78 is 14.9. The van der Waals surface area contributed by atoms with E-state index in [2.05, 4.69) is 27.9 Å². The first-order valence-corrected chi connectivity index (χ1v) is 8.34. The Hall–Kier alpha value is -2.73. The maximum Gasteiger partial charge on any atom is 0.175 e. The van der Waals surface area contributed by atoms with Crippen LogP contribution in [-0.2, 0) is 6.54 Å². The van der Waals surface area contributed by atoms with Crippen LogP contribution in [0.2, 0.25) is 0 Å². The van der Waals surface area contributed by atoms with Crippen LogP contribution in [0.25, 0.3) is 0 Å². The number of hydrogen-bond donors (Lipinski definition) is 2. The molecule has 0 radical (unpaired) electrons. The highest BCUT2D eigenvalue weighted by Gasteiger charge is 2.04. The average Bonchev–Trinajstić information content (AvgIpc) is 2.87. The van der Waals surface area contributed by atoms with Crippen molar-refractivity contribution in [3.63, 3.8) is 0 Å². The summed E-state index contributed by atoms with van der Waals surface area (Å²) in [5, 5.41) is 11.1. The molecule has 0 bridgehead atoms. The summed E-state index contributed by atoms with van der Waals surface area (Å²) in [6.07, 6.45) is 0. The Kier molecular flexibility index (Phi) is 5.09. The van der Waals surface area contributed by atoms with E-state index < -0.39 is 0 Å². The van der Waals surface area contributed by atoms with E-state index in [4.69, 9.17) is 12.2 Å². The normalized spacial score (nSPS) is 10.5. The summed E-state index contributed by atoms with van der Waals surface area (Å²) in [4.78, 5) is 0. The Labute approximate surface area is 151 Å². The minimum absolute atomic E-state index is 0.277. The molecular weight excluding hydrogens is 335 g/mol. The van der Waals surface area contributed by atoms with Crippen LogP contribution in [-0.4, -0.2) is 14.9 Å². The van der Waals surface area contributed by atoms with Gasteiger partial charge in [0.2, 0.25) is 0 Å². The molecule has 25 heavy (non-hydrogen) atoms. The van der Waals surface area contributed by atoms with Gasteiger partial charge in [-0.25, -0.2) is 4.39 Å². The quantitative estimate of drug-likeness (QED) is 0.677. The van der Waals surface area contributed by atoms with Gasteiger partial charge in [-0.15, -0.1) is 0 Å². The van der Waals surface area contributed by atoms with Crippen molar-refractivity contribution in [1.29, 1.82) is 0 Å². The monoisotopic (exact) mass is 354 g/mol. The third-order valence-electron chi connectivity index (χ3n) is 3.72. The zero-order chi connectivity index (χ0) is 17.8. The number of rotatable bonds is 4. The molecule has 0 aliphatic heterocycles. The van der Waals surface area contributed by atoms with Crippen LogP contribution in [0, 0.1) is 19.7 Å². The third-order valence-corrected chi connectivity index (χ3v) is 3.93. The van der Waals surface area contributed by atoms with Gasteiger partial charge in [-0.05, 0) is 74.1 Å². The fraction of sp³-hybridized carbons (Fsp3) is 0.158. The van der Waals surface area contributed by atoms with Crippen LogP contribution in [0.5, 0.6) is 0 Å². The van der Waals surface area contributed by atoms with Gasteiger partial charge in [-0.1, -0.05) is 12.1 Å². The highest BCUT2D eigenvalue weighted by molar-refractivity contribution is 7.80. The van der Waals surface area contributed by atoms with Gasteiger partial charge in [0.25, 0.3) is 0 Å². The lowest BCUT2D eigenvalue weighted by molar-refractivity contribution is 0.628. The number of nitrogens with one attached hydrogen (secondary N) is 2. The van der Waals surface area contributed by atoms with E-state index in [0.717, 1.165) is 28.3 Å². The van der Waals surface area contributed by atoms with Gasteiger partial charge >= 0.3 is 0 Å². The molecule has 3 aromatic rings.